The normalized spacial score (nSPS) is 20.5. The molecule has 5 nitrogen and oxygen atoms in total. The van der Waals surface area contributed by atoms with Crippen LogP contribution in [0.4, 0.5) is 0 Å². The molecule has 0 saturated carbocycles. The molecule has 0 amide bonds. The first-order valence-corrected chi connectivity index (χ1v) is 9.35. The smallest absolute Gasteiger partial charge is 0.243 e. The Balaban J connectivity index is 0.00000176. The Morgan fingerprint density at radius 1 is 1.32 bits per heavy atom. The molecule has 1 unspecified atom stereocenters. The molecule has 2 N–H and O–H groups in total. The summed E-state index contributed by atoms with van der Waals surface area (Å²) in [5.74, 6) is 0. The van der Waals surface area contributed by atoms with Gasteiger partial charge < -0.3 is 5.73 Å². The van der Waals surface area contributed by atoms with Gasteiger partial charge in [0.05, 0.1) is 20.1 Å². The monoisotopic (exact) mass is 361 g/mol. The molecule has 0 bridgehead atoms. The van der Waals surface area contributed by atoms with Crippen molar-refractivity contribution < 1.29 is 8.42 Å². The van der Waals surface area contributed by atoms with E-state index in [9.17, 15) is 8.42 Å². The molecular formula is C14H20ClN3O2S2. The molecule has 0 radical (unpaired) electrons. The first kappa shape index (κ1) is 17.6. The van der Waals surface area contributed by atoms with Crippen LogP contribution in [0.1, 0.15) is 24.3 Å². The lowest BCUT2D eigenvalue weighted by Crippen LogP contribution is -2.32. The van der Waals surface area contributed by atoms with Gasteiger partial charge in [-0.2, -0.15) is 4.31 Å². The zero-order valence-corrected chi connectivity index (χ0v) is 14.8. The van der Waals surface area contributed by atoms with Gasteiger partial charge in [-0.3, -0.25) is 0 Å². The summed E-state index contributed by atoms with van der Waals surface area (Å²) in [7, 11) is -3.43. The van der Waals surface area contributed by atoms with E-state index in [0.717, 1.165) is 34.5 Å². The molecule has 0 aliphatic carbocycles. The first-order chi connectivity index (χ1) is 9.96. The topological polar surface area (TPSA) is 76.3 Å². The van der Waals surface area contributed by atoms with Crippen LogP contribution in [-0.2, 0) is 10.0 Å². The predicted molar refractivity (Wildman–Crippen MR) is 92.2 cm³/mol. The van der Waals surface area contributed by atoms with Crippen LogP contribution in [0.15, 0.2) is 23.1 Å². The van der Waals surface area contributed by atoms with Gasteiger partial charge in [-0.05, 0) is 44.4 Å². The molecule has 0 spiro atoms. The number of hydrogen-bond donors (Lipinski definition) is 1. The molecule has 1 aromatic heterocycles. The van der Waals surface area contributed by atoms with Crippen molar-refractivity contribution in [3.05, 3.63) is 23.2 Å². The summed E-state index contributed by atoms with van der Waals surface area (Å²) in [6, 6.07) is 5.29. The van der Waals surface area contributed by atoms with E-state index in [1.807, 2.05) is 6.92 Å². The van der Waals surface area contributed by atoms with Crippen molar-refractivity contribution in [1.82, 2.24) is 9.29 Å². The number of fused-ring (bicyclic) bond motifs is 1. The second-order valence-electron chi connectivity index (χ2n) is 5.46. The highest BCUT2D eigenvalue weighted by molar-refractivity contribution is 7.89. The van der Waals surface area contributed by atoms with Crippen molar-refractivity contribution in [3.8, 4) is 0 Å². The molecule has 3 rings (SSSR count). The van der Waals surface area contributed by atoms with E-state index >= 15 is 0 Å². The molecule has 122 valence electrons. The fourth-order valence-electron chi connectivity index (χ4n) is 2.67. The summed E-state index contributed by atoms with van der Waals surface area (Å²) in [5.41, 5.74) is 6.78. The summed E-state index contributed by atoms with van der Waals surface area (Å²) >= 11 is 1.52. The highest BCUT2D eigenvalue weighted by atomic mass is 35.5. The van der Waals surface area contributed by atoms with Gasteiger partial charge in [0.2, 0.25) is 10.0 Å². The minimum atomic E-state index is -3.43. The quantitative estimate of drug-likeness (QED) is 0.891. The summed E-state index contributed by atoms with van der Waals surface area (Å²) in [4.78, 5) is 4.72. The van der Waals surface area contributed by atoms with Gasteiger partial charge in [0.15, 0.2) is 0 Å². The maximum absolute atomic E-state index is 12.8. The predicted octanol–water partition coefficient (Wildman–Crippen LogP) is 2.53. The number of hydrogen-bond acceptors (Lipinski definition) is 5. The standard InChI is InChI=1S/C14H19N3O2S2.ClH/c1-10-16-13-5-4-12(9-14(13)20-10)21(18,19)17-7-2-3-11(15)6-8-17;/h4-5,9,11H,2-3,6-8,15H2,1H3;1H. The van der Waals surface area contributed by atoms with Crippen LogP contribution in [0.3, 0.4) is 0 Å². The maximum Gasteiger partial charge on any atom is 0.243 e. The molecule has 8 heteroatoms. The van der Waals surface area contributed by atoms with E-state index in [-0.39, 0.29) is 18.4 Å². The molecule has 1 atom stereocenters. The van der Waals surface area contributed by atoms with Crippen molar-refractivity contribution in [1.29, 1.82) is 0 Å². The van der Waals surface area contributed by atoms with Crippen molar-refractivity contribution in [3.63, 3.8) is 0 Å². The lowest BCUT2D eigenvalue weighted by molar-refractivity contribution is 0.421. The van der Waals surface area contributed by atoms with Gasteiger partial charge in [-0.1, -0.05) is 0 Å². The van der Waals surface area contributed by atoms with E-state index in [1.54, 1.807) is 22.5 Å². The van der Waals surface area contributed by atoms with Gasteiger partial charge in [-0.25, -0.2) is 13.4 Å². The molecule has 1 aromatic carbocycles. The molecular weight excluding hydrogens is 342 g/mol. The van der Waals surface area contributed by atoms with Crippen molar-refractivity contribution in [2.75, 3.05) is 13.1 Å². The van der Waals surface area contributed by atoms with Gasteiger partial charge in [0.25, 0.3) is 0 Å². The van der Waals surface area contributed by atoms with Crippen LogP contribution >= 0.6 is 23.7 Å². The number of nitrogens with two attached hydrogens (primary N) is 1. The lowest BCUT2D eigenvalue weighted by atomic mass is 10.1. The molecule has 1 fully saturated rings. The van der Waals surface area contributed by atoms with E-state index < -0.39 is 10.0 Å². The fourth-order valence-corrected chi connectivity index (χ4v) is 5.13. The lowest BCUT2D eigenvalue weighted by Gasteiger charge is -2.20. The van der Waals surface area contributed by atoms with Gasteiger partial charge in [0.1, 0.15) is 0 Å². The minimum Gasteiger partial charge on any atom is -0.328 e. The number of nitrogens with zero attached hydrogens (tertiary/aromatic N) is 2. The number of halogens is 1. The van der Waals surface area contributed by atoms with Crippen molar-refractivity contribution >= 4 is 44.0 Å². The second-order valence-corrected chi connectivity index (χ2v) is 8.63. The van der Waals surface area contributed by atoms with Crippen molar-refractivity contribution in [2.45, 2.75) is 37.1 Å². The third kappa shape index (κ3) is 3.44. The Kier molecular flexibility index (Phi) is 5.45. The molecule has 1 aliphatic rings. The van der Waals surface area contributed by atoms with Crippen LogP contribution in [-0.4, -0.2) is 36.8 Å². The number of benzene rings is 1. The maximum atomic E-state index is 12.8. The average molecular weight is 362 g/mol. The van der Waals surface area contributed by atoms with Crippen LogP contribution in [0.5, 0.6) is 0 Å². The van der Waals surface area contributed by atoms with E-state index in [2.05, 4.69) is 4.98 Å². The molecule has 1 aliphatic heterocycles. The van der Waals surface area contributed by atoms with Crippen LogP contribution in [0.2, 0.25) is 0 Å². The molecule has 1 saturated heterocycles. The number of thiazole rings is 1. The van der Waals surface area contributed by atoms with E-state index in [1.165, 1.54) is 11.3 Å². The summed E-state index contributed by atoms with van der Waals surface area (Å²) in [5, 5.41) is 0.945. The first-order valence-electron chi connectivity index (χ1n) is 7.10. The summed E-state index contributed by atoms with van der Waals surface area (Å²) in [6.07, 6.45) is 2.43. The summed E-state index contributed by atoms with van der Waals surface area (Å²) in [6.45, 7) is 2.98. The SMILES string of the molecule is Cc1nc2ccc(S(=O)(=O)N3CCCC(N)CC3)cc2s1.Cl. The average Bonchev–Trinajstić information content (AvgIpc) is 2.66. The number of aryl methyl sites for hydroxylation is 1. The van der Waals surface area contributed by atoms with E-state index in [0.29, 0.717) is 18.0 Å². The largest absolute Gasteiger partial charge is 0.328 e. The van der Waals surface area contributed by atoms with Crippen molar-refractivity contribution in [2.24, 2.45) is 5.73 Å². The van der Waals surface area contributed by atoms with Crippen LogP contribution < -0.4 is 5.73 Å². The number of aromatic nitrogens is 1. The molecule has 2 heterocycles. The third-order valence-electron chi connectivity index (χ3n) is 3.84. The fraction of sp³-hybridized carbons (Fsp3) is 0.500. The van der Waals surface area contributed by atoms with Gasteiger partial charge in [-0.15, -0.1) is 23.7 Å². The number of sulfonamides is 1. The zero-order chi connectivity index (χ0) is 15.0. The van der Waals surface area contributed by atoms with Crippen LogP contribution in [0.25, 0.3) is 10.2 Å². The van der Waals surface area contributed by atoms with Gasteiger partial charge >= 0.3 is 0 Å². The Morgan fingerprint density at radius 2 is 2.09 bits per heavy atom. The Bertz CT molecular complexity index is 761. The van der Waals surface area contributed by atoms with E-state index in [4.69, 9.17) is 5.73 Å². The molecule has 22 heavy (non-hydrogen) atoms. The van der Waals surface area contributed by atoms with Gasteiger partial charge in [0, 0.05) is 19.1 Å². The zero-order valence-electron chi connectivity index (χ0n) is 12.4. The number of rotatable bonds is 2. The highest BCUT2D eigenvalue weighted by Gasteiger charge is 2.27. The minimum absolute atomic E-state index is 0. The Hall–Kier alpha value is -0.730. The highest BCUT2D eigenvalue weighted by Crippen LogP contribution is 2.27. The third-order valence-corrected chi connectivity index (χ3v) is 6.66. The Morgan fingerprint density at radius 3 is 2.86 bits per heavy atom. The Labute approximate surface area is 141 Å². The summed E-state index contributed by atoms with van der Waals surface area (Å²) < 4.78 is 28.0. The molecule has 2 aromatic rings. The van der Waals surface area contributed by atoms with Crippen LogP contribution in [0, 0.1) is 6.92 Å². The second kappa shape index (κ2) is 6.80.